The van der Waals surface area contributed by atoms with E-state index in [0.717, 1.165) is 58.5 Å². The summed E-state index contributed by atoms with van der Waals surface area (Å²) in [5.74, 6) is 1.75. The monoisotopic (exact) mass is 404 g/mol. The fraction of sp³-hybridized carbons (Fsp3) is 0.333. The van der Waals surface area contributed by atoms with Gasteiger partial charge in [-0.25, -0.2) is 4.98 Å². The second-order valence-electron chi connectivity index (χ2n) is 7.26. The summed E-state index contributed by atoms with van der Waals surface area (Å²) < 4.78 is 14.0. The summed E-state index contributed by atoms with van der Waals surface area (Å²) in [5, 5.41) is 1.04. The number of rotatable bonds is 10. The normalized spacial score (nSPS) is 11.4. The Morgan fingerprint density at radius 1 is 1.00 bits per heavy atom. The molecule has 0 aliphatic rings. The molecule has 6 heteroatoms. The van der Waals surface area contributed by atoms with Crippen molar-refractivity contribution in [2.45, 2.75) is 39.5 Å². The van der Waals surface area contributed by atoms with E-state index in [1.54, 1.807) is 0 Å². The summed E-state index contributed by atoms with van der Waals surface area (Å²) in [4.78, 5) is 9.41. The first-order valence-corrected chi connectivity index (χ1v) is 10.5. The number of imidazole rings is 1. The zero-order valence-electron chi connectivity index (χ0n) is 17.4. The van der Waals surface area contributed by atoms with E-state index in [4.69, 9.17) is 20.2 Å². The van der Waals surface area contributed by atoms with Crippen molar-refractivity contribution in [3.05, 3.63) is 66.1 Å². The highest BCUT2D eigenvalue weighted by atomic mass is 16.5. The summed E-state index contributed by atoms with van der Waals surface area (Å²) in [6, 6.07) is 16.2. The third-order valence-corrected chi connectivity index (χ3v) is 5.14. The molecule has 0 saturated carbocycles. The second-order valence-corrected chi connectivity index (χ2v) is 7.26. The van der Waals surface area contributed by atoms with E-state index in [9.17, 15) is 0 Å². The fourth-order valence-corrected chi connectivity index (χ4v) is 3.63. The number of nitrogens with two attached hydrogens (primary N) is 1. The van der Waals surface area contributed by atoms with Crippen molar-refractivity contribution >= 4 is 21.9 Å². The molecule has 4 rings (SSSR count). The van der Waals surface area contributed by atoms with Crippen LogP contribution >= 0.6 is 0 Å². The summed E-state index contributed by atoms with van der Waals surface area (Å²) in [6.45, 7) is 5.20. The Balaban J connectivity index is 1.72. The Hall–Kier alpha value is -2.96. The molecule has 0 amide bonds. The van der Waals surface area contributed by atoms with Crippen molar-refractivity contribution in [1.29, 1.82) is 0 Å². The molecule has 0 unspecified atom stereocenters. The highest BCUT2D eigenvalue weighted by Gasteiger charge is 2.15. The van der Waals surface area contributed by atoms with Crippen LogP contribution in [0.25, 0.3) is 21.9 Å². The third-order valence-electron chi connectivity index (χ3n) is 5.14. The molecule has 4 aromatic rings. The predicted molar refractivity (Wildman–Crippen MR) is 119 cm³/mol. The molecule has 0 fully saturated rings. The molecule has 0 bridgehead atoms. The SMILES string of the molecule is CCOCc1nc2cnc3ccc(OCc4ccccc4)cc3c2n1CCCCN. The van der Waals surface area contributed by atoms with E-state index in [0.29, 0.717) is 26.4 Å². The lowest BCUT2D eigenvalue weighted by Gasteiger charge is -2.11. The average Bonchev–Trinajstić information content (AvgIpc) is 3.15. The van der Waals surface area contributed by atoms with Crippen molar-refractivity contribution in [3.8, 4) is 5.75 Å². The lowest BCUT2D eigenvalue weighted by Crippen LogP contribution is -2.08. The van der Waals surface area contributed by atoms with Gasteiger partial charge in [0.15, 0.2) is 0 Å². The maximum atomic E-state index is 6.06. The molecular formula is C24H28N4O2. The van der Waals surface area contributed by atoms with Gasteiger partial charge in [-0.2, -0.15) is 0 Å². The van der Waals surface area contributed by atoms with Crippen LogP contribution in [0.15, 0.2) is 54.7 Å². The minimum Gasteiger partial charge on any atom is -0.489 e. The third kappa shape index (κ3) is 4.45. The van der Waals surface area contributed by atoms with E-state index in [-0.39, 0.29) is 0 Å². The van der Waals surface area contributed by atoms with Crippen molar-refractivity contribution in [1.82, 2.24) is 14.5 Å². The average molecular weight is 405 g/mol. The van der Waals surface area contributed by atoms with Gasteiger partial charge in [-0.3, -0.25) is 4.98 Å². The van der Waals surface area contributed by atoms with Crippen molar-refractivity contribution < 1.29 is 9.47 Å². The quantitative estimate of drug-likeness (QED) is 0.396. The van der Waals surface area contributed by atoms with Gasteiger partial charge < -0.3 is 19.8 Å². The van der Waals surface area contributed by atoms with Crippen LogP contribution < -0.4 is 10.5 Å². The summed E-state index contributed by atoms with van der Waals surface area (Å²) in [6.07, 6.45) is 3.81. The smallest absolute Gasteiger partial charge is 0.136 e. The van der Waals surface area contributed by atoms with E-state index in [1.165, 1.54) is 0 Å². The summed E-state index contributed by atoms with van der Waals surface area (Å²) in [5.41, 5.74) is 9.74. The molecule has 0 aliphatic carbocycles. The first-order chi connectivity index (χ1) is 14.8. The molecule has 2 aromatic carbocycles. The van der Waals surface area contributed by atoms with Gasteiger partial charge in [0.05, 0.1) is 17.2 Å². The molecule has 6 nitrogen and oxygen atoms in total. The van der Waals surface area contributed by atoms with Crippen LogP contribution in [0.1, 0.15) is 31.2 Å². The molecule has 0 radical (unpaired) electrons. The first-order valence-electron chi connectivity index (χ1n) is 10.5. The fourth-order valence-electron chi connectivity index (χ4n) is 3.63. The topological polar surface area (TPSA) is 75.2 Å². The highest BCUT2D eigenvalue weighted by Crippen LogP contribution is 2.29. The van der Waals surface area contributed by atoms with Crippen LogP contribution in [0, 0.1) is 0 Å². The van der Waals surface area contributed by atoms with Gasteiger partial charge in [0.2, 0.25) is 0 Å². The molecule has 0 aliphatic heterocycles. The van der Waals surface area contributed by atoms with Gasteiger partial charge in [0.1, 0.15) is 30.3 Å². The van der Waals surface area contributed by atoms with E-state index in [1.807, 2.05) is 43.5 Å². The number of pyridine rings is 1. The molecule has 0 atom stereocenters. The van der Waals surface area contributed by atoms with Gasteiger partial charge in [-0.15, -0.1) is 0 Å². The Morgan fingerprint density at radius 2 is 1.87 bits per heavy atom. The zero-order valence-corrected chi connectivity index (χ0v) is 17.4. The number of aromatic nitrogens is 3. The molecule has 2 heterocycles. The summed E-state index contributed by atoms with van der Waals surface area (Å²) in [7, 11) is 0. The Kier molecular flexibility index (Phi) is 6.57. The van der Waals surface area contributed by atoms with Gasteiger partial charge >= 0.3 is 0 Å². The maximum Gasteiger partial charge on any atom is 0.136 e. The largest absolute Gasteiger partial charge is 0.489 e. The van der Waals surface area contributed by atoms with Crippen molar-refractivity contribution in [3.63, 3.8) is 0 Å². The standard InChI is InChI=1S/C24H28N4O2/c1-2-29-17-23-27-22-15-26-21-11-10-19(30-16-18-8-4-3-5-9-18)14-20(21)24(22)28(23)13-7-6-12-25/h3-5,8-11,14-15H,2,6-7,12-13,16-17,25H2,1H3. The van der Waals surface area contributed by atoms with Crippen LogP contribution in [-0.4, -0.2) is 27.7 Å². The number of nitrogens with zero attached hydrogens (tertiary/aromatic N) is 3. The lowest BCUT2D eigenvalue weighted by atomic mass is 10.1. The lowest BCUT2D eigenvalue weighted by molar-refractivity contribution is 0.126. The van der Waals surface area contributed by atoms with E-state index >= 15 is 0 Å². The Labute approximate surface area is 176 Å². The van der Waals surface area contributed by atoms with Gasteiger partial charge in [-0.05, 0) is 50.1 Å². The van der Waals surface area contributed by atoms with Crippen molar-refractivity contribution in [2.75, 3.05) is 13.2 Å². The maximum absolute atomic E-state index is 6.06. The number of unbranched alkanes of at least 4 members (excludes halogenated alkanes) is 1. The first kappa shape index (κ1) is 20.3. The number of aryl methyl sites for hydroxylation is 1. The Morgan fingerprint density at radius 3 is 2.67 bits per heavy atom. The molecule has 2 aromatic heterocycles. The van der Waals surface area contributed by atoms with Crippen LogP contribution in [0.4, 0.5) is 0 Å². The van der Waals surface area contributed by atoms with E-state index in [2.05, 4.69) is 27.8 Å². The van der Waals surface area contributed by atoms with Crippen LogP contribution in [0.5, 0.6) is 5.75 Å². The molecule has 2 N–H and O–H groups in total. The summed E-state index contributed by atoms with van der Waals surface area (Å²) >= 11 is 0. The predicted octanol–water partition coefficient (Wildman–Crippen LogP) is 4.44. The minimum atomic E-state index is 0.486. The minimum absolute atomic E-state index is 0.486. The van der Waals surface area contributed by atoms with Crippen molar-refractivity contribution in [2.24, 2.45) is 5.73 Å². The number of fused-ring (bicyclic) bond motifs is 3. The number of hydrogen-bond donors (Lipinski definition) is 1. The van der Waals surface area contributed by atoms with Gasteiger partial charge in [0, 0.05) is 18.5 Å². The molecule has 0 saturated heterocycles. The van der Waals surface area contributed by atoms with Crippen LogP contribution in [-0.2, 0) is 24.5 Å². The van der Waals surface area contributed by atoms with Crippen LogP contribution in [0.2, 0.25) is 0 Å². The second kappa shape index (κ2) is 9.69. The molecule has 0 spiro atoms. The highest BCUT2D eigenvalue weighted by molar-refractivity contribution is 6.02. The van der Waals surface area contributed by atoms with Crippen LogP contribution in [0.3, 0.4) is 0 Å². The van der Waals surface area contributed by atoms with Gasteiger partial charge in [0.25, 0.3) is 0 Å². The number of ether oxygens (including phenoxy) is 2. The van der Waals surface area contributed by atoms with Gasteiger partial charge in [-0.1, -0.05) is 30.3 Å². The zero-order chi connectivity index (χ0) is 20.8. The molecular weight excluding hydrogens is 376 g/mol. The van der Waals surface area contributed by atoms with E-state index < -0.39 is 0 Å². The molecule has 156 valence electrons. The number of benzene rings is 2. The Bertz CT molecular complexity index is 1110. The number of hydrogen-bond acceptors (Lipinski definition) is 5. The molecule has 30 heavy (non-hydrogen) atoms.